The van der Waals surface area contributed by atoms with Crippen LogP contribution in [-0.2, 0) is 4.79 Å². The number of para-hydroxylation sites is 2. The molecule has 1 fully saturated rings. The minimum Gasteiger partial charge on any atom is -0.491 e. The van der Waals surface area contributed by atoms with Crippen LogP contribution in [0.25, 0.3) is 0 Å². The molecule has 0 saturated carbocycles. The summed E-state index contributed by atoms with van der Waals surface area (Å²) >= 11 is 0. The quantitative estimate of drug-likeness (QED) is 0.606. The zero-order valence-electron chi connectivity index (χ0n) is 12.0. The van der Waals surface area contributed by atoms with Gasteiger partial charge in [-0.25, -0.2) is 0 Å². The van der Waals surface area contributed by atoms with Crippen molar-refractivity contribution in [2.24, 2.45) is 0 Å². The molecule has 0 bridgehead atoms. The van der Waals surface area contributed by atoms with E-state index in [0.29, 0.717) is 12.3 Å². The minimum atomic E-state index is 0.0294. The molecule has 2 rings (SSSR count). The third kappa shape index (κ3) is 3.63. The molecule has 5 heteroatoms. The molecule has 110 valence electrons. The number of hydrogen-bond acceptors (Lipinski definition) is 4. The molecular formula is C15H23N3O2. The van der Waals surface area contributed by atoms with Crippen LogP contribution in [0.4, 0.5) is 5.69 Å². The molecule has 1 heterocycles. The molecule has 1 saturated heterocycles. The average Bonchev–Trinajstić information content (AvgIpc) is 2.93. The predicted molar refractivity (Wildman–Crippen MR) is 79.6 cm³/mol. The van der Waals surface area contributed by atoms with Crippen molar-refractivity contribution in [3.63, 3.8) is 0 Å². The van der Waals surface area contributed by atoms with Crippen LogP contribution in [0.5, 0.6) is 5.75 Å². The maximum atomic E-state index is 11.7. The summed E-state index contributed by atoms with van der Waals surface area (Å²) in [5.74, 6) is 0.854. The largest absolute Gasteiger partial charge is 0.491 e. The lowest BCUT2D eigenvalue weighted by atomic mass is 10.2. The first-order valence-electron chi connectivity index (χ1n) is 7.15. The number of nitrogens with one attached hydrogen (secondary N) is 1. The fourth-order valence-electron chi connectivity index (χ4n) is 2.62. The molecule has 1 aliphatic heterocycles. The number of ether oxygens (including phenoxy) is 1. The Morgan fingerprint density at radius 3 is 3.05 bits per heavy atom. The van der Waals surface area contributed by atoms with Gasteiger partial charge in [0.1, 0.15) is 5.75 Å². The molecule has 0 aliphatic carbocycles. The van der Waals surface area contributed by atoms with E-state index in [0.717, 1.165) is 38.1 Å². The second-order valence-electron chi connectivity index (χ2n) is 5.05. The van der Waals surface area contributed by atoms with Gasteiger partial charge in [0.15, 0.2) is 0 Å². The molecule has 0 spiro atoms. The Hall–Kier alpha value is -1.75. The van der Waals surface area contributed by atoms with E-state index in [9.17, 15) is 4.79 Å². The highest BCUT2D eigenvalue weighted by Gasteiger charge is 2.29. The number of nitrogen functional groups attached to an aromatic ring is 1. The zero-order chi connectivity index (χ0) is 14.4. The summed E-state index contributed by atoms with van der Waals surface area (Å²) in [7, 11) is 1.69. The van der Waals surface area contributed by atoms with Crippen molar-refractivity contribution >= 4 is 11.6 Å². The van der Waals surface area contributed by atoms with Gasteiger partial charge in [0, 0.05) is 13.6 Å². The van der Waals surface area contributed by atoms with Crippen molar-refractivity contribution in [3.05, 3.63) is 24.3 Å². The van der Waals surface area contributed by atoms with Crippen LogP contribution in [0.1, 0.15) is 19.3 Å². The van der Waals surface area contributed by atoms with Crippen molar-refractivity contribution in [3.8, 4) is 5.75 Å². The number of anilines is 1. The number of nitrogens with zero attached hydrogens (tertiary/aromatic N) is 1. The topological polar surface area (TPSA) is 67.6 Å². The van der Waals surface area contributed by atoms with E-state index >= 15 is 0 Å². The van der Waals surface area contributed by atoms with Crippen molar-refractivity contribution in [1.29, 1.82) is 0 Å². The number of likely N-dealkylation sites (tertiary alicyclic amines) is 1. The van der Waals surface area contributed by atoms with E-state index < -0.39 is 0 Å². The van der Waals surface area contributed by atoms with Crippen LogP contribution < -0.4 is 15.8 Å². The first kappa shape index (κ1) is 14.7. The molecule has 1 atom stereocenters. The van der Waals surface area contributed by atoms with Crippen LogP contribution in [0, 0.1) is 0 Å². The summed E-state index contributed by atoms with van der Waals surface area (Å²) in [5, 5.41) is 2.73. The predicted octanol–water partition coefficient (Wildman–Crippen LogP) is 1.25. The van der Waals surface area contributed by atoms with Gasteiger partial charge >= 0.3 is 0 Å². The van der Waals surface area contributed by atoms with Crippen molar-refractivity contribution in [1.82, 2.24) is 10.2 Å². The summed E-state index contributed by atoms with van der Waals surface area (Å²) in [4.78, 5) is 14.0. The third-order valence-electron chi connectivity index (χ3n) is 3.68. The second kappa shape index (κ2) is 7.14. The summed E-state index contributed by atoms with van der Waals surface area (Å²) < 4.78 is 5.67. The standard InChI is InChI=1S/C15H23N3O2/c1-17-15(19)13-7-4-9-18(13)10-5-11-20-14-8-3-2-6-12(14)16/h2-3,6,8,13H,4-5,7,9-11,16H2,1H3,(H,17,19). The van der Waals surface area contributed by atoms with Gasteiger partial charge in [-0.05, 0) is 37.9 Å². The summed E-state index contributed by atoms with van der Waals surface area (Å²) in [5.41, 5.74) is 6.48. The smallest absolute Gasteiger partial charge is 0.237 e. The van der Waals surface area contributed by atoms with Crippen molar-refractivity contribution in [2.45, 2.75) is 25.3 Å². The van der Waals surface area contributed by atoms with Gasteiger partial charge < -0.3 is 15.8 Å². The minimum absolute atomic E-state index is 0.0294. The molecule has 20 heavy (non-hydrogen) atoms. The molecule has 0 radical (unpaired) electrons. The Labute approximate surface area is 120 Å². The first-order valence-corrected chi connectivity index (χ1v) is 7.15. The number of likely N-dealkylation sites (N-methyl/N-ethyl adjacent to an activating group) is 1. The molecule has 1 amide bonds. The van der Waals surface area contributed by atoms with Crippen LogP contribution in [0.2, 0.25) is 0 Å². The van der Waals surface area contributed by atoms with Gasteiger partial charge in [-0.15, -0.1) is 0 Å². The molecule has 0 aromatic heterocycles. The molecular weight excluding hydrogens is 254 g/mol. The maximum absolute atomic E-state index is 11.7. The lowest BCUT2D eigenvalue weighted by Crippen LogP contribution is -2.42. The highest BCUT2D eigenvalue weighted by molar-refractivity contribution is 5.81. The molecule has 3 N–H and O–H groups in total. The lowest BCUT2D eigenvalue weighted by Gasteiger charge is -2.22. The first-order chi connectivity index (χ1) is 9.72. The lowest BCUT2D eigenvalue weighted by molar-refractivity contribution is -0.125. The SMILES string of the molecule is CNC(=O)C1CCCN1CCCOc1ccccc1N. The number of rotatable bonds is 6. The number of carbonyl (C=O) groups excluding carboxylic acids is 1. The zero-order valence-corrected chi connectivity index (χ0v) is 12.0. The van der Waals surface area contributed by atoms with E-state index in [2.05, 4.69) is 10.2 Å². The maximum Gasteiger partial charge on any atom is 0.237 e. The Morgan fingerprint density at radius 1 is 1.50 bits per heavy atom. The van der Waals surface area contributed by atoms with Crippen LogP contribution in [-0.4, -0.2) is 43.6 Å². The van der Waals surface area contributed by atoms with Crippen LogP contribution in [0.3, 0.4) is 0 Å². The molecule has 1 aliphatic rings. The van der Waals surface area contributed by atoms with Gasteiger partial charge in [-0.2, -0.15) is 0 Å². The van der Waals surface area contributed by atoms with E-state index in [-0.39, 0.29) is 11.9 Å². The second-order valence-corrected chi connectivity index (χ2v) is 5.05. The number of carbonyl (C=O) groups is 1. The van der Waals surface area contributed by atoms with E-state index in [1.807, 2.05) is 24.3 Å². The van der Waals surface area contributed by atoms with Gasteiger partial charge in [-0.1, -0.05) is 12.1 Å². The average molecular weight is 277 g/mol. The highest BCUT2D eigenvalue weighted by Crippen LogP contribution is 2.20. The Kier molecular flexibility index (Phi) is 5.24. The molecule has 1 aromatic carbocycles. The monoisotopic (exact) mass is 277 g/mol. The third-order valence-corrected chi connectivity index (χ3v) is 3.68. The number of hydrogen-bond donors (Lipinski definition) is 2. The Bertz CT molecular complexity index is 450. The fraction of sp³-hybridized carbons (Fsp3) is 0.533. The summed E-state index contributed by atoms with van der Waals surface area (Å²) in [6, 6.07) is 7.53. The molecule has 1 aromatic rings. The van der Waals surface area contributed by atoms with Crippen molar-refractivity contribution < 1.29 is 9.53 Å². The molecule has 1 unspecified atom stereocenters. The highest BCUT2D eigenvalue weighted by atomic mass is 16.5. The van der Waals surface area contributed by atoms with Gasteiger partial charge in [0.25, 0.3) is 0 Å². The molecule has 5 nitrogen and oxygen atoms in total. The van der Waals surface area contributed by atoms with Gasteiger partial charge in [0.05, 0.1) is 18.3 Å². The number of amides is 1. The number of nitrogens with two attached hydrogens (primary N) is 1. The fourth-order valence-corrected chi connectivity index (χ4v) is 2.62. The Balaban J connectivity index is 1.73. The van der Waals surface area contributed by atoms with E-state index in [1.165, 1.54) is 0 Å². The normalized spacial score (nSPS) is 18.9. The van der Waals surface area contributed by atoms with Crippen LogP contribution >= 0.6 is 0 Å². The van der Waals surface area contributed by atoms with E-state index in [1.54, 1.807) is 7.05 Å². The Morgan fingerprint density at radius 2 is 2.30 bits per heavy atom. The summed E-state index contributed by atoms with van der Waals surface area (Å²) in [6.07, 6.45) is 2.93. The number of benzene rings is 1. The van der Waals surface area contributed by atoms with Gasteiger partial charge in [-0.3, -0.25) is 9.69 Å². The van der Waals surface area contributed by atoms with E-state index in [4.69, 9.17) is 10.5 Å². The van der Waals surface area contributed by atoms with Crippen LogP contribution in [0.15, 0.2) is 24.3 Å². The summed E-state index contributed by atoms with van der Waals surface area (Å²) in [6.45, 7) is 2.49. The van der Waals surface area contributed by atoms with Gasteiger partial charge in [0.2, 0.25) is 5.91 Å². The van der Waals surface area contributed by atoms with Crippen molar-refractivity contribution in [2.75, 3.05) is 32.5 Å².